The molecule has 1 saturated heterocycles. The van der Waals surface area contributed by atoms with Crippen LogP contribution in [0.15, 0.2) is 59.5 Å². The van der Waals surface area contributed by atoms with Gasteiger partial charge in [0, 0.05) is 56.4 Å². The van der Waals surface area contributed by atoms with Crippen molar-refractivity contribution in [1.82, 2.24) is 29.3 Å². The zero-order valence-electron chi connectivity index (χ0n) is 24.9. The lowest BCUT2D eigenvalue weighted by molar-refractivity contribution is 0.0936. The van der Waals surface area contributed by atoms with Crippen molar-refractivity contribution in [2.24, 2.45) is 5.92 Å². The van der Waals surface area contributed by atoms with E-state index in [4.69, 9.17) is 16.3 Å². The van der Waals surface area contributed by atoms with Crippen LogP contribution in [0.1, 0.15) is 52.5 Å². The van der Waals surface area contributed by atoms with E-state index in [0.29, 0.717) is 36.8 Å². The highest BCUT2D eigenvalue weighted by Crippen LogP contribution is 2.24. The number of piperidine rings is 1. The average molecular weight is 603 g/mol. The third-order valence-electron chi connectivity index (χ3n) is 8.87. The summed E-state index contributed by atoms with van der Waals surface area (Å²) in [4.78, 5) is 31.8. The van der Waals surface area contributed by atoms with Gasteiger partial charge in [-0.3, -0.25) is 19.4 Å². The van der Waals surface area contributed by atoms with E-state index in [1.54, 1.807) is 13.3 Å². The molecule has 1 fully saturated rings. The molecule has 2 aliphatic heterocycles. The first-order valence-corrected chi connectivity index (χ1v) is 15.5. The minimum atomic E-state index is -0.169. The van der Waals surface area contributed by atoms with E-state index in [2.05, 4.69) is 56.0 Å². The molecule has 1 N–H and O–H groups in total. The molecule has 0 saturated carbocycles. The average Bonchev–Trinajstić information content (AvgIpc) is 3.48. The number of fused-ring (bicyclic) bond motifs is 2. The zero-order chi connectivity index (χ0) is 29.9. The van der Waals surface area contributed by atoms with Gasteiger partial charge in [-0.25, -0.2) is 0 Å². The maximum Gasteiger partial charge on any atom is 0.279 e. The van der Waals surface area contributed by atoms with Crippen molar-refractivity contribution in [3.05, 3.63) is 98.1 Å². The van der Waals surface area contributed by atoms with Gasteiger partial charge >= 0.3 is 0 Å². The number of nitrogens with zero attached hydrogens (tertiary/aromatic N) is 5. The molecule has 0 aliphatic carbocycles. The van der Waals surface area contributed by atoms with Crippen molar-refractivity contribution >= 4 is 23.2 Å². The highest BCUT2D eigenvalue weighted by Gasteiger charge is 2.28. The predicted molar refractivity (Wildman–Crippen MR) is 168 cm³/mol. The van der Waals surface area contributed by atoms with Crippen molar-refractivity contribution < 1.29 is 9.53 Å². The lowest BCUT2D eigenvalue weighted by atomic mass is 9.96. The van der Waals surface area contributed by atoms with Crippen LogP contribution in [0.3, 0.4) is 0 Å². The van der Waals surface area contributed by atoms with Crippen molar-refractivity contribution in [2.45, 2.75) is 52.4 Å². The summed E-state index contributed by atoms with van der Waals surface area (Å²) in [5.41, 5.74) is 5.11. The van der Waals surface area contributed by atoms with Gasteiger partial charge in [0.25, 0.3) is 11.5 Å². The fraction of sp³-hybridized carbons (Fsp3) is 0.424. The second kappa shape index (κ2) is 12.9. The third kappa shape index (κ3) is 6.34. The molecule has 2 aliphatic rings. The van der Waals surface area contributed by atoms with Gasteiger partial charge in [-0.1, -0.05) is 35.9 Å². The van der Waals surface area contributed by atoms with E-state index in [1.165, 1.54) is 15.6 Å². The Labute approximate surface area is 257 Å². The molecule has 43 heavy (non-hydrogen) atoms. The van der Waals surface area contributed by atoms with Crippen molar-refractivity contribution in [1.29, 1.82) is 0 Å². The van der Waals surface area contributed by atoms with Crippen LogP contribution in [0.4, 0.5) is 0 Å². The molecule has 6 rings (SSSR count). The van der Waals surface area contributed by atoms with Gasteiger partial charge in [-0.05, 0) is 74.2 Å². The monoisotopic (exact) mass is 602 g/mol. The Morgan fingerprint density at radius 1 is 1.00 bits per heavy atom. The summed E-state index contributed by atoms with van der Waals surface area (Å²) in [6, 6.07) is 16.1. The molecule has 0 atom stereocenters. The number of nitrogens with one attached hydrogen (secondary N) is 1. The molecule has 2 aromatic heterocycles. The van der Waals surface area contributed by atoms with Gasteiger partial charge in [0.15, 0.2) is 5.65 Å². The second-order valence-corrected chi connectivity index (χ2v) is 12.1. The Kier molecular flexibility index (Phi) is 8.83. The number of hydrogen-bond acceptors (Lipinski definition) is 6. The molecule has 0 unspecified atom stereocenters. The SMILES string of the molecule is CCn1c2c(c(=O)n3ncc(C(=O)NCC4CCN(Cc5ccc(Cl)cc5)CC4)c13)CN(Cc1ccc(OC)cc1)CC2. The first-order valence-electron chi connectivity index (χ1n) is 15.2. The lowest BCUT2D eigenvalue weighted by Crippen LogP contribution is -2.39. The molecule has 10 heteroatoms. The minimum Gasteiger partial charge on any atom is -0.497 e. The van der Waals surface area contributed by atoms with Gasteiger partial charge in [-0.15, -0.1) is 0 Å². The first-order chi connectivity index (χ1) is 20.9. The van der Waals surface area contributed by atoms with Gasteiger partial charge in [0.05, 0.1) is 18.9 Å². The number of carbonyl (C=O) groups is 1. The summed E-state index contributed by atoms with van der Waals surface area (Å²) >= 11 is 6.02. The van der Waals surface area contributed by atoms with Gasteiger partial charge in [0.1, 0.15) is 11.3 Å². The number of aryl methyl sites for hydroxylation is 1. The van der Waals surface area contributed by atoms with Crippen LogP contribution in [0.25, 0.3) is 5.65 Å². The first kappa shape index (κ1) is 29.4. The summed E-state index contributed by atoms with van der Waals surface area (Å²) in [5.74, 6) is 1.08. The van der Waals surface area contributed by atoms with Gasteiger partial charge in [-0.2, -0.15) is 9.61 Å². The number of ether oxygens (including phenoxy) is 1. The highest BCUT2D eigenvalue weighted by atomic mass is 35.5. The molecule has 0 radical (unpaired) electrons. The Morgan fingerprint density at radius 2 is 1.67 bits per heavy atom. The molecule has 0 spiro atoms. The maximum atomic E-state index is 13.6. The van der Waals surface area contributed by atoms with Crippen LogP contribution in [0.2, 0.25) is 5.02 Å². The maximum absolute atomic E-state index is 13.6. The molecular formula is C33H39ClN6O3. The summed E-state index contributed by atoms with van der Waals surface area (Å²) in [6.07, 6.45) is 4.35. The molecule has 1 amide bonds. The quantitative estimate of drug-likeness (QED) is 0.306. The fourth-order valence-electron chi connectivity index (χ4n) is 6.46. The molecular weight excluding hydrogens is 564 g/mol. The number of benzene rings is 2. The van der Waals surface area contributed by atoms with Crippen LogP contribution < -0.4 is 15.6 Å². The van der Waals surface area contributed by atoms with E-state index in [-0.39, 0.29) is 11.5 Å². The Bertz CT molecular complexity index is 1640. The Morgan fingerprint density at radius 3 is 2.35 bits per heavy atom. The number of likely N-dealkylation sites (tertiary alicyclic amines) is 1. The van der Waals surface area contributed by atoms with E-state index < -0.39 is 0 Å². The number of aromatic nitrogens is 3. The smallest absolute Gasteiger partial charge is 0.279 e. The molecule has 4 aromatic rings. The van der Waals surface area contributed by atoms with E-state index in [0.717, 1.165) is 74.0 Å². The zero-order valence-corrected chi connectivity index (χ0v) is 25.6. The number of hydrogen-bond donors (Lipinski definition) is 1. The molecule has 0 bridgehead atoms. The van der Waals surface area contributed by atoms with Crippen LogP contribution in [0.5, 0.6) is 5.75 Å². The predicted octanol–water partition coefficient (Wildman–Crippen LogP) is 4.38. The standard InChI is InChI=1S/C33H39ClN6O3/c1-3-39-30-14-17-38(21-25-6-10-27(43-2)11-7-25)22-29(30)33(42)40-32(39)28(19-36-40)31(41)35-18-23-12-15-37(16-13-23)20-24-4-8-26(34)9-5-24/h4-11,19,23H,3,12-18,20-22H2,1-2H3,(H,35,41). The third-order valence-corrected chi connectivity index (χ3v) is 9.13. The lowest BCUT2D eigenvalue weighted by Gasteiger charge is -2.32. The summed E-state index contributed by atoms with van der Waals surface area (Å²) in [5, 5.41) is 8.32. The van der Waals surface area contributed by atoms with Gasteiger partial charge in [0.2, 0.25) is 0 Å². The van der Waals surface area contributed by atoms with E-state index in [1.807, 2.05) is 24.3 Å². The number of methoxy groups -OCH3 is 1. The van der Waals surface area contributed by atoms with Crippen molar-refractivity contribution in [3.8, 4) is 5.75 Å². The van der Waals surface area contributed by atoms with Gasteiger partial charge < -0.3 is 14.6 Å². The molecule has 2 aromatic carbocycles. The van der Waals surface area contributed by atoms with Crippen LogP contribution >= 0.6 is 11.6 Å². The normalized spacial score (nSPS) is 16.3. The van der Waals surface area contributed by atoms with Crippen molar-refractivity contribution in [2.75, 3.05) is 33.3 Å². The number of carbonyl (C=O) groups excluding carboxylic acids is 1. The summed E-state index contributed by atoms with van der Waals surface area (Å²) in [7, 11) is 1.66. The number of amides is 1. The number of halogens is 1. The van der Waals surface area contributed by atoms with E-state index >= 15 is 0 Å². The van der Waals surface area contributed by atoms with Crippen LogP contribution in [-0.2, 0) is 32.6 Å². The molecule has 226 valence electrons. The highest BCUT2D eigenvalue weighted by molar-refractivity contribution is 6.30. The second-order valence-electron chi connectivity index (χ2n) is 11.6. The Hall–Kier alpha value is -3.66. The topological polar surface area (TPSA) is 84.1 Å². The Balaban J connectivity index is 1.11. The number of rotatable bonds is 9. The summed E-state index contributed by atoms with van der Waals surface area (Å²) in [6.45, 7) is 8.37. The largest absolute Gasteiger partial charge is 0.497 e. The molecule has 4 heterocycles. The van der Waals surface area contributed by atoms with Crippen LogP contribution in [-0.4, -0.2) is 63.2 Å². The summed E-state index contributed by atoms with van der Waals surface area (Å²) < 4.78 is 8.81. The molecule has 9 nitrogen and oxygen atoms in total. The minimum absolute atomic E-state index is 0.138. The van der Waals surface area contributed by atoms with Crippen molar-refractivity contribution in [3.63, 3.8) is 0 Å². The van der Waals surface area contributed by atoms with Crippen LogP contribution in [0, 0.1) is 5.92 Å². The van der Waals surface area contributed by atoms with E-state index in [9.17, 15) is 9.59 Å². The fourth-order valence-corrected chi connectivity index (χ4v) is 6.58.